The Bertz CT molecular complexity index is 268. The van der Waals surface area contributed by atoms with E-state index in [1.165, 1.54) is 32.1 Å². The summed E-state index contributed by atoms with van der Waals surface area (Å²) >= 11 is 0. The van der Waals surface area contributed by atoms with Crippen LogP contribution in [0, 0.1) is 5.92 Å². The molecule has 0 radical (unpaired) electrons. The van der Waals surface area contributed by atoms with E-state index in [4.69, 9.17) is 5.73 Å². The van der Waals surface area contributed by atoms with Gasteiger partial charge in [0.05, 0.1) is 12.1 Å². The minimum atomic E-state index is -0.757. The molecule has 0 aliphatic heterocycles. The average molecular weight is 255 g/mol. The molecule has 1 atom stereocenters. The van der Waals surface area contributed by atoms with Gasteiger partial charge in [0, 0.05) is 6.04 Å². The number of guanidine groups is 1. The van der Waals surface area contributed by atoms with E-state index < -0.39 is 5.60 Å². The quantitative estimate of drug-likeness (QED) is 0.520. The van der Waals surface area contributed by atoms with Gasteiger partial charge in [0.1, 0.15) is 0 Å². The van der Waals surface area contributed by atoms with Gasteiger partial charge in [-0.3, -0.25) is 4.99 Å². The van der Waals surface area contributed by atoms with Gasteiger partial charge in [-0.2, -0.15) is 0 Å². The predicted molar refractivity (Wildman–Crippen MR) is 76.6 cm³/mol. The highest BCUT2D eigenvalue weighted by molar-refractivity contribution is 5.78. The molecule has 1 saturated carbocycles. The Labute approximate surface area is 111 Å². The Kier molecular flexibility index (Phi) is 5.93. The van der Waals surface area contributed by atoms with Crippen LogP contribution in [0.3, 0.4) is 0 Å². The fourth-order valence-electron chi connectivity index (χ4n) is 2.70. The van der Waals surface area contributed by atoms with E-state index in [0.717, 1.165) is 6.42 Å². The van der Waals surface area contributed by atoms with E-state index in [0.29, 0.717) is 24.5 Å². The summed E-state index contributed by atoms with van der Waals surface area (Å²) in [5.41, 5.74) is 5.11. The Morgan fingerprint density at radius 1 is 1.39 bits per heavy atom. The minimum absolute atomic E-state index is 0.372. The van der Waals surface area contributed by atoms with E-state index in [9.17, 15) is 5.11 Å². The fraction of sp³-hybridized carbons (Fsp3) is 0.929. The molecular weight excluding hydrogens is 226 g/mol. The molecule has 4 N–H and O–H groups in total. The summed E-state index contributed by atoms with van der Waals surface area (Å²) in [5.74, 6) is 0.939. The number of aliphatic imine (C=N–C) groups is 1. The van der Waals surface area contributed by atoms with Gasteiger partial charge in [-0.05, 0) is 32.1 Å². The molecule has 106 valence electrons. The third kappa shape index (κ3) is 6.24. The molecule has 4 nitrogen and oxygen atoms in total. The molecule has 0 amide bonds. The van der Waals surface area contributed by atoms with Gasteiger partial charge in [-0.1, -0.05) is 33.1 Å². The topological polar surface area (TPSA) is 70.6 Å². The maximum atomic E-state index is 10.1. The molecule has 18 heavy (non-hydrogen) atoms. The van der Waals surface area contributed by atoms with Gasteiger partial charge in [-0.25, -0.2) is 0 Å². The number of nitrogens with two attached hydrogens (primary N) is 1. The van der Waals surface area contributed by atoms with Crippen molar-refractivity contribution < 1.29 is 5.11 Å². The van der Waals surface area contributed by atoms with Crippen molar-refractivity contribution in [3.05, 3.63) is 0 Å². The summed E-state index contributed by atoms with van der Waals surface area (Å²) < 4.78 is 0. The SMILES string of the molecule is CC(C)CC(C)(O)CN=C(N)NC1CCCCC1. The van der Waals surface area contributed by atoms with Gasteiger partial charge in [0.25, 0.3) is 0 Å². The normalized spacial score (nSPS) is 21.9. The molecule has 0 aromatic heterocycles. The molecular formula is C14H29N3O. The van der Waals surface area contributed by atoms with Crippen molar-refractivity contribution in [2.45, 2.75) is 70.9 Å². The van der Waals surface area contributed by atoms with Crippen LogP contribution >= 0.6 is 0 Å². The summed E-state index contributed by atoms with van der Waals surface area (Å²) in [7, 11) is 0. The summed E-state index contributed by atoms with van der Waals surface area (Å²) in [5, 5.41) is 13.4. The molecule has 0 aromatic carbocycles. The van der Waals surface area contributed by atoms with Gasteiger partial charge in [-0.15, -0.1) is 0 Å². The van der Waals surface area contributed by atoms with Crippen LogP contribution in [-0.2, 0) is 0 Å². The van der Waals surface area contributed by atoms with Crippen molar-refractivity contribution in [1.29, 1.82) is 0 Å². The van der Waals surface area contributed by atoms with Crippen molar-refractivity contribution in [2.24, 2.45) is 16.6 Å². The first-order chi connectivity index (χ1) is 8.39. The largest absolute Gasteiger partial charge is 0.388 e. The molecule has 0 aromatic rings. The number of hydrogen-bond acceptors (Lipinski definition) is 2. The monoisotopic (exact) mass is 255 g/mol. The van der Waals surface area contributed by atoms with Crippen LogP contribution in [0.4, 0.5) is 0 Å². The smallest absolute Gasteiger partial charge is 0.188 e. The van der Waals surface area contributed by atoms with Crippen LogP contribution in [0.5, 0.6) is 0 Å². The van der Waals surface area contributed by atoms with E-state index in [1.54, 1.807) is 0 Å². The molecule has 0 saturated heterocycles. The number of aliphatic hydroxyl groups is 1. The lowest BCUT2D eigenvalue weighted by Crippen LogP contribution is -2.42. The number of nitrogens with zero attached hydrogens (tertiary/aromatic N) is 1. The van der Waals surface area contributed by atoms with E-state index >= 15 is 0 Å². The van der Waals surface area contributed by atoms with Crippen molar-refractivity contribution in [3.8, 4) is 0 Å². The van der Waals surface area contributed by atoms with Gasteiger partial charge >= 0.3 is 0 Å². The van der Waals surface area contributed by atoms with E-state index in [2.05, 4.69) is 24.2 Å². The lowest BCUT2D eigenvalue weighted by Gasteiger charge is -2.25. The Balaban J connectivity index is 2.35. The molecule has 1 rings (SSSR count). The molecule has 0 spiro atoms. The molecule has 1 aliphatic rings. The first-order valence-electron chi connectivity index (χ1n) is 7.18. The summed E-state index contributed by atoms with van der Waals surface area (Å²) in [6, 6.07) is 0.470. The Hall–Kier alpha value is -0.770. The van der Waals surface area contributed by atoms with E-state index in [1.807, 2.05) is 6.92 Å². The van der Waals surface area contributed by atoms with Gasteiger partial charge in [0.2, 0.25) is 0 Å². The number of nitrogens with one attached hydrogen (secondary N) is 1. The highest BCUT2D eigenvalue weighted by Crippen LogP contribution is 2.18. The standard InChI is InChI=1S/C14H29N3O/c1-11(2)9-14(3,18)10-16-13(15)17-12-7-5-4-6-8-12/h11-12,18H,4-10H2,1-3H3,(H3,15,16,17). The third-order valence-electron chi connectivity index (χ3n) is 3.40. The van der Waals surface area contributed by atoms with Crippen LogP contribution in [0.2, 0.25) is 0 Å². The third-order valence-corrected chi connectivity index (χ3v) is 3.40. The van der Waals surface area contributed by atoms with Crippen molar-refractivity contribution in [2.75, 3.05) is 6.54 Å². The van der Waals surface area contributed by atoms with Gasteiger partial charge < -0.3 is 16.2 Å². The second-order valence-corrected chi connectivity index (χ2v) is 6.28. The molecule has 1 unspecified atom stereocenters. The lowest BCUT2D eigenvalue weighted by atomic mass is 9.94. The number of rotatable bonds is 5. The zero-order valence-corrected chi connectivity index (χ0v) is 12.1. The second kappa shape index (κ2) is 6.98. The first-order valence-corrected chi connectivity index (χ1v) is 7.18. The maximum Gasteiger partial charge on any atom is 0.188 e. The first kappa shape index (κ1) is 15.3. The van der Waals surface area contributed by atoms with Crippen LogP contribution in [0.15, 0.2) is 4.99 Å². The molecule has 0 bridgehead atoms. The van der Waals surface area contributed by atoms with Crippen LogP contribution < -0.4 is 11.1 Å². The van der Waals surface area contributed by atoms with Crippen LogP contribution in [0.25, 0.3) is 0 Å². The van der Waals surface area contributed by atoms with Crippen LogP contribution in [-0.4, -0.2) is 29.3 Å². The van der Waals surface area contributed by atoms with E-state index in [-0.39, 0.29) is 0 Å². The Morgan fingerprint density at radius 3 is 2.56 bits per heavy atom. The van der Waals surface area contributed by atoms with Crippen LogP contribution in [0.1, 0.15) is 59.3 Å². The van der Waals surface area contributed by atoms with Crippen molar-refractivity contribution >= 4 is 5.96 Å². The molecule has 1 aliphatic carbocycles. The highest BCUT2D eigenvalue weighted by Gasteiger charge is 2.21. The molecule has 4 heteroatoms. The second-order valence-electron chi connectivity index (χ2n) is 6.28. The summed E-state index contributed by atoms with van der Waals surface area (Å²) in [6.07, 6.45) is 6.98. The average Bonchev–Trinajstić information content (AvgIpc) is 2.26. The zero-order chi connectivity index (χ0) is 13.6. The predicted octanol–water partition coefficient (Wildman–Crippen LogP) is 2.02. The van der Waals surface area contributed by atoms with Crippen molar-refractivity contribution in [1.82, 2.24) is 5.32 Å². The lowest BCUT2D eigenvalue weighted by molar-refractivity contribution is 0.0477. The summed E-state index contributed by atoms with van der Waals surface area (Å²) in [6.45, 7) is 6.39. The summed E-state index contributed by atoms with van der Waals surface area (Å²) in [4.78, 5) is 4.28. The highest BCUT2D eigenvalue weighted by atomic mass is 16.3. The molecule has 1 fully saturated rings. The maximum absolute atomic E-state index is 10.1. The minimum Gasteiger partial charge on any atom is -0.388 e. The van der Waals surface area contributed by atoms with Crippen molar-refractivity contribution in [3.63, 3.8) is 0 Å². The molecule has 0 heterocycles. The fourth-order valence-corrected chi connectivity index (χ4v) is 2.70. The number of hydrogen-bond donors (Lipinski definition) is 3. The van der Waals surface area contributed by atoms with Gasteiger partial charge in [0.15, 0.2) is 5.96 Å². The zero-order valence-electron chi connectivity index (χ0n) is 12.1. The Morgan fingerprint density at radius 2 is 2.00 bits per heavy atom.